The van der Waals surface area contributed by atoms with Gasteiger partial charge < -0.3 is 4.74 Å². The zero-order valence-corrected chi connectivity index (χ0v) is 14.2. The van der Waals surface area contributed by atoms with Gasteiger partial charge in [0.2, 0.25) is 0 Å². The zero-order valence-electron chi connectivity index (χ0n) is 13.4. The van der Waals surface area contributed by atoms with Crippen LogP contribution >= 0.6 is 11.3 Å². The van der Waals surface area contributed by atoms with Crippen molar-refractivity contribution in [1.29, 1.82) is 0 Å². The van der Waals surface area contributed by atoms with Crippen LogP contribution in [0.15, 0.2) is 36.5 Å². The van der Waals surface area contributed by atoms with Gasteiger partial charge in [-0.05, 0) is 55.0 Å². The van der Waals surface area contributed by atoms with Crippen molar-refractivity contribution in [3.63, 3.8) is 0 Å². The molecule has 122 valence electrons. The first-order chi connectivity index (χ1) is 11.7. The molecule has 0 saturated carbocycles. The third kappa shape index (κ3) is 2.91. The number of aryl methyl sites for hydroxylation is 2. The summed E-state index contributed by atoms with van der Waals surface area (Å²) in [5.41, 5.74) is 4.23. The van der Waals surface area contributed by atoms with Crippen LogP contribution in [0.4, 0.5) is 4.39 Å². The Morgan fingerprint density at radius 1 is 1.12 bits per heavy atom. The fourth-order valence-corrected chi connectivity index (χ4v) is 3.92. The molecule has 0 unspecified atom stereocenters. The predicted molar refractivity (Wildman–Crippen MR) is 93.9 cm³/mol. The number of halogens is 1. The van der Waals surface area contributed by atoms with Gasteiger partial charge in [0.25, 0.3) is 0 Å². The van der Waals surface area contributed by atoms with E-state index in [1.165, 1.54) is 54.7 Å². The van der Waals surface area contributed by atoms with Crippen LogP contribution in [-0.2, 0) is 12.8 Å². The van der Waals surface area contributed by atoms with Crippen molar-refractivity contribution in [2.24, 2.45) is 0 Å². The molecule has 3 aromatic rings. The number of pyridine rings is 1. The lowest BCUT2D eigenvalue weighted by Gasteiger charge is -2.14. The molecule has 0 radical (unpaired) electrons. The molecule has 2 heterocycles. The number of aromatic nitrogens is 2. The second-order valence-corrected chi connectivity index (χ2v) is 6.95. The third-order valence-corrected chi connectivity index (χ3v) is 5.36. The highest BCUT2D eigenvalue weighted by Gasteiger charge is 2.14. The van der Waals surface area contributed by atoms with Crippen molar-refractivity contribution in [3.8, 4) is 26.9 Å². The van der Waals surface area contributed by atoms with E-state index < -0.39 is 0 Å². The normalized spacial score (nSPS) is 13.6. The summed E-state index contributed by atoms with van der Waals surface area (Å²) in [7, 11) is 1.54. The summed E-state index contributed by atoms with van der Waals surface area (Å²) in [6.07, 6.45) is 6.39. The Labute approximate surface area is 144 Å². The molecule has 1 aromatic carbocycles. The Morgan fingerprint density at radius 2 is 2.00 bits per heavy atom. The Kier molecular flexibility index (Phi) is 4.02. The summed E-state index contributed by atoms with van der Waals surface area (Å²) in [6, 6.07) is 8.90. The first-order valence-electron chi connectivity index (χ1n) is 8.03. The van der Waals surface area contributed by atoms with Gasteiger partial charge in [-0.15, -0.1) is 11.3 Å². The van der Waals surface area contributed by atoms with E-state index in [2.05, 4.69) is 11.1 Å². The van der Waals surface area contributed by atoms with Crippen LogP contribution in [0, 0.1) is 5.82 Å². The minimum Gasteiger partial charge on any atom is -0.497 e. The van der Waals surface area contributed by atoms with Gasteiger partial charge in [0.15, 0.2) is 0 Å². The molecule has 0 bridgehead atoms. The Hall–Kier alpha value is -2.27. The smallest absolute Gasteiger partial charge is 0.142 e. The maximum Gasteiger partial charge on any atom is 0.142 e. The van der Waals surface area contributed by atoms with Gasteiger partial charge in [0.05, 0.1) is 17.7 Å². The van der Waals surface area contributed by atoms with Gasteiger partial charge in [-0.1, -0.05) is 6.07 Å². The van der Waals surface area contributed by atoms with Gasteiger partial charge in [-0.2, -0.15) is 0 Å². The van der Waals surface area contributed by atoms with Crippen LogP contribution in [0.5, 0.6) is 5.75 Å². The molecule has 0 spiro atoms. The van der Waals surface area contributed by atoms with Crippen LogP contribution in [0.2, 0.25) is 0 Å². The molecule has 24 heavy (non-hydrogen) atoms. The first-order valence-corrected chi connectivity index (χ1v) is 8.84. The van der Waals surface area contributed by atoms with Gasteiger partial charge in [-0.3, -0.25) is 4.98 Å². The van der Waals surface area contributed by atoms with Crippen LogP contribution in [0.1, 0.15) is 24.1 Å². The highest BCUT2D eigenvalue weighted by Crippen LogP contribution is 2.34. The van der Waals surface area contributed by atoms with Crippen LogP contribution < -0.4 is 4.74 Å². The summed E-state index contributed by atoms with van der Waals surface area (Å²) >= 11 is 1.52. The average molecular weight is 340 g/mol. The quantitative estimate of drug-likeness (QED) is 0.680. The Morgan fingerprint density at radius 3 is 2.88 bits per heavy atom. The predicted octanol–water partition coefficient (Wildman–Crippen LogP) is 4.90. The Balaban J connectivity index is 1.69. The molecule has 5 heteroatoms. The van der Waals surface area contributed by atoms with Crippen molar-refractivity contribution in [2.75, 3.05) is 7.11 Å². The second-order valence-electron chi connectivity index (χ2n) is 5.92. The topological polar surface area (TPSA) is 35.0 Å². The minimum absolute atomic E-state index is 0.314. The lowest BCUT2D eigenvalue weighted by Crippen LogP contribution is -2.05. The van der Waals surface area contributed by atoms with E-state index in [0.29, 0.717) is 5.75 Å². The van der Waals surface area contributed by atoms with Crippen LogP contribution in [0.3, 0.4) is 0 Å². The minimum atomic E-state index is -0.314. The molecule has 1 aliphatic rings. The lowest BCUT2D eigenvalue weighted by molar-refractivity contribution is 0.411. The van der Waals surface area contributed by atoms with E-state index in [9.17, 15) is 4.39 Å². The number of benzene rings is 1. The molecule has 0 amide bonds. The number of methoxy groups -OCH3 is 1. The summed E-state index contributed by atoms with van der Waals surface area (Å²) in [6.45, 7) is 0. The number of ether oxygens (including phenoxy) is 1. The molecule has 1 aliphatic carbocycles. The molecule has 0 fully saturated rings. The van der Waals surface area contributed by atoms with E-state index in [1.807, 2.05) is 12.1 Å². The highest BCUT2D eigenvalue weighted by molar-refractivity contribution is 7.18. The number of hydrogen-bond donors (Lipinski definition) is 0. The summed E-state index contributed by atoms with van der Waals surface area (Å²) < 4.78 is 18.9. The van der Waals surface area contributed by atoms with Crippen molar-refractivity contribution < 1.29 is 9.13 Å². The number of nitrogens with zero attached hydrogens (tertiary/aromatic N) is 2. The highest BCUT2D eigenvalue weighted by atomic mass is 32.1. The molecule has 4 rings (SSSR count). The van der Waals surface area contributed by atoms with Crippen molar-refractivity contribution >= 4 is 11.3 Å². The molecule has 2 aromatic heterocycles. The summed E-state index contributed by atoms with van der Waals surface area (Å²) in [5.74, 6) is 0.193. The van der Waals surface area contributed by atoms with E-state index >= 15 is 0 Å². The van der Waals surface area contributed by atoms with Crippen molar-refractivity contribution in [2.45, 2.75) is 25.7 Å². The number of thiazole rings is 1. The number of hydrogen-bond acceptors (Lipinski definition) is 4. The molecular weight excluding hydrogens is 323 g/mol. The molecule has 0 aliphatic heterocycles. The molecule has 0 atom stereocenters. The molecular formula is C19H17FN2OS. The van der Waals surface area contributed by atoms with Crippen LogP contribution in [0.25, 0.3) is 21.1 Å². The van der Waals surface area contributed by atoms with E-state index in [-0.39, 0.29) is 5.82 Å². The van der Waals surface area contributed by atoms with E-state index in [1.54, 1.807) is 6.20 Å². The van der Waals surface area contributed by atoms with Crippen molar-refractivity contribution in [3.05, 3.63) is 53.6 Å². The second kappa shape index (κ2) is 6.32. The Bertz CT molecular complexity index is 891. The number of fused-ring (bicyclic) bond motifs is 1. The van der Waals surface area contributed by atoms with Gasteiger partial charge in [-0.25, -0.2) is 9.37 Å². The molecule has 0 saturated heterocycles. The largest absolute Gasteiger partial charge is 0.497 e. The maximum atomic E-state index is 13.7. The fraction of sp³-hybridized carbons (Fsp3) is 0.263. The van der Waals surface area contributed by atoms with E-state index in [0.717, 1.165) is 34.0 Å². The van der Waals surface area contributed by atoms with Gasteiger partial charge in [0, 0.05) is 18.0 Å². The number of rotatable bonds is 3. The SMILES string of the molecule is COc1cc(F)cc(-c2cnc(-c3ccc4c(n3)CCCC4)s2)c1. The lowest BCUT2D eigenvalue weighted by atomic mass is 9.96. The fourth-order valence-electron chi connectivity index (χ4n) is 3.05. The maximum absolute atomic E-state index is 13.7. The van der Waals surface area contributed by atoms with Crippen molar-refractivity contribution in [1.82, 2.24) is 9.97 Å². The monoisotopic (exact) mass is 340 g/mol. The summed E-state index contributed by atoms with van der Waals surface area (Å²) in [5, 5.41) is 0.863. The molecule has 3 nitrogen and oxygen atoms in total. The summed E-state index contributed by atoms with van der Waals surface area (Å²) in [4.78, 5) is 10.2. The van der Waals surface area contributed by atoms with Gasteiger partial charge >= 0.3 is 0 Å². The standard InChI is InChI=1S/C19H17FN2OS/c1-23-15-9-13(8-14(20)10-15)18-11-21-19(24-18)17-7-6-12-4-2-3-5-16(12)22-17/h6-11H,2-5H2,1H3. The van der Waals surface area contributed by atoms with Gasteiger partial charge in [0.1, 0.15) is 16.6 Å². The average Bonchev–Trinajstić information content (AvgIpc) is 3.11. The van der Waals surface area contributed by atoms with Crippen LogP contribution in [-0.4, -0.2) is 17.1 Å². The third-order valence-electron chi connectivity index (χ3n) is 4.29. The zero-order chi connectivity index (χ0) is 16.5. The van der Waals surface area contributed by atoms with E-state index in [4.69, 9.17) is 9.72 Å². The molecule has 0 N–H and O–H groups in total. The first kappa shape index (κ1) is 15.3.